The highest BCUT2D eigenvalue weighted by molar-refractivity contribution is 5.46. The molecule has 0 spiro atoms. The highest BCUT2D eigenvalue weighted by atomic mass is 15.3. The van der Waals surface area contributed by atoms with Crippen molar-refractivity contribution in [2.24, 2.45) is 0 Å². The van der Waals surface area contributed by atoms with Gasteiger partial charge in [-0.3, -0.25) is 0 Å². The molecule has 0 radical (unpaired) electrons. The Bertz CT molecular complexity index is 556. The highest BCUT2D eigenvalue weighted by Crippen LogP contribution is 2.20. The predicted molar refractivity (Wildman–Crippen MR) is 79.7 cm³/mol. The lowest BCUT2D eigenvalue weighted by atomic mass is 10.2. The molecule has 20 heavy (non-hydrogen) atoms. The molecule has 1 aliphatic rings. The molecule has 1 aliphatic heterocycles. The van der Waals surface area contributed by atoms with E-state index in [0.29, 0.717) is 11.9 Å². The fraction of sp³-hybridized carbons (Fsp3) is 0.357. The molecule has 0 amide bonds. The van der Waals surface area contributed by atoms with Gasteiger partial charge in [0.1, 0.15) is 17.5 Å². The van der Waals surface area contributed by atoms with Gasteiger partial charge < -0.3 is 15.5 Å². The van der Waals surface area contributed by atoms with E-state index in [1.807, 2.05) is 24.4 Å². The van der Waals surface area contributed by atoms with Gasteiger partial charge in [0.2, 0.25) is 0 Å². The second-order valence-electron chi connectivity index (χ2n) is 4.98. The van der Waals surface area contributed by atoms with Crippen molar-refractivity contribution < 1.29 is 0 Å². The van der Waals surface area contributed by atoms with E-state index in [-0.39, 0.29) is 0 Å². The van der Waals surface area contributed by atoms with Crippen LogP contribution in [0.2, 0.25) is 0 Å². The molecule has 0 bridgehead atoms. The Morgan fingerprint density at radius 1 is 1.10 bits per heavy atom. The van der Waals surface area contributed by atoms with E-state index >= 15 is 0 Å². The van der Waals surface area contributed by atoms with Crippen molar-refractivity contribution in [3.63, 3.8) is 0 Å². The number of piperazine rings is 1. The summed E-state index contributed by atoms with van der Waals surface area (Å²) in [5.41, 5.74) is 5.58. The van der Waals surface area contributed by atoms with Crippen LogP contribution in [0, 0.1) is 0 Å². The Labute approximate surface area is 118 Å². The molecule has 0 unspecified atom stereocenters. The summed E-state index contributed by atoms with van der Waals surface area (Å²) in [4.78, 5) is 17.4. The van der Waals surface area contributed by atoms with Crippen molar-refractivity contribution in [2.75, 3.05) is 35.2 Å². The van der Waals surface area contributed by atoms with Crippen molar-refractivity contribution in [3.8, 4) is 0 Å². The molecule has 0 saturated carbocycles. The van der Waals surface area contributed by atoms with Crippen LogP contribution in [0.15, 0.2) is 36.8 Å². The monoisotopic (exact) mass is 270 g/mol. The molecule has 2 aromatic rings. The van der Waals surface area contributed by atoms with Crippen LogP contribution < -0.4 is 15.5 Å². The molecule has 6 heteroatoms. The van der Waals surface area contributed by atoms with Crippen molar-refractivity contribution >= 4 is 17.5 Å². The minimum absolute atomic E-state index is 0.351. The number of aromatic nitrogens is 3. The average molecular weight is 270 g/mol. The third kappa shape index (κ3) is 2.49. The first-order chi connectivity index (χ1) is 9.74. The van der Waals surface area contributed by atoms with Crippen LogP contribution in [0.4, 0.5) is 17.5 Å². The van der Waals surface area contributed by atoms with Crippen LogP contribution in [0.3, 0.4) is 0 Å². The second kappa shape index (κ2) is 5.32. The minimum atomic E-state index is 0.351. The van der Waals surface area contributed by atoms with Crippen molar-refractivity contribution in [3.05, 3.63) is 36.8 Å². The summed E-state index contributed by atoms with van der Waals surface area (Å²) in [7, 11) is 0. The van der Waals surface area contributed by atoms with Gasteiger partial charge in [-0.1, -0.05) is 6.07 Å². The second-order valence-corrected chi connectivity index (χ2v) is 4.98. The molecule has 3 rings (SSSR count). The Balaban J connectivity index is 1.72. The lowest BCUT2D eigenvalue weighted by Crippen LogP contribution is -2.52. The van der Waals surface area contributed by atoms with E-state index in [2.05, 4.69) is 31.7 Å². The van der Waals surface area contributed by atoms with Crippen molar-refractivity contribution in [1.29, 1.82) is 0 Å². The summed E-state index contributed by atoms with van der Waals surface area (Å²) in [5.74, 6) is 2.36. The first kappa shape index (κ1) is 12.7. The molecular formula is C14H18N6. The maximum Gasteiger partial charge on any atom is 0.147 e. The molecule has 1 fully saturated rings. The Morgan fingerprint density at radius 2 is 2.00 bits per heavy atom. The quantitative estimate of drug-likeness (QED) is 0.883. The number of anilines is 3. The summed E-state index contributed by atoms with van der Waals surface area (Å²) in [6.07, 6.45) is 5.17. The maximum atomic E-state index is 5.58. The van der Waals surface area contributed by atoms with Gasteiger partial charge in [-0.15, -0.1) is 0 Å². The molecule has 1 saturated heterocycles. The van der Waals surface area contributed by atoms with Gasteiger partial charge in [-0.05, 0) is 19.1 Å². The fourth-order valence-corrected chi connectivity index (χ4v) is 2.53. The van der Waals surface area contributed by atoms with E-state index < -0.39 is 0 Å². The fourth-order valence-electron chi connectivity index (χ4n) is 2.53. The van der Waals surface area contributed by atoms with Crippen LogP contribution in [-0.2, 0) is 0 Å². The zero-order chi connectivity index (χ0) is 13.9. The molecule has 1 atom stereocenters. The average Bonchev–Trinajstić information content (AvgIpc) is 2.49. The van der Waals surface area contributed by atoms with Gasteiger partial charge in [0.25, 0.3) is 0 Å². The van der Waals surface area contributed by atoms with Crippen molar-refractivity contribution in [1.82, 2.24) is 15.0 Å². The number of nitrogens with two attached hydrogens (primary N) is 1. The zero-order valence-electron chi connectivity index (χ0n) is 11.5. The number of hydrogen-bond acceptors (Lipinski definition) is 6. The van der Waals surface area contributed by atoms with Crippen LogP contribution in [0.1, 0.15) is 6.92 Å². The molecule has 0 aromatic carbocycles. The number of rotatable bonds is 2. The predicted octanol–water partition coefficient (Wildman–Crippen LogP) is 1.17. The van der Waals surface area contributed by atoms with Crippen LogP contribution >= 0.6 is 0 Å². The third-order valence-electron chi connectivity index (χ3n) is 3.55. The summed E-state index contributed by atoms with van der Waals surface area (Å²) in [6, 6.07) is 6.35. The Hall–Kier alpha value is -2.37. The van der Waals surface area contributed by atoms with Gasteiger partial charge in [0, 0.05) is 31.9 Å². The molecular weight excluding hydrogens is 252 g/mol. The number of nitrogen functional groups attached to an aromatic ring is 1. The maximum absolute atomic E-state index is 5.58. The Kier molecular flexibility index (Phi) is 3.37. The van der Waals surface area contributed by atoms with Gasteiger partial charge in [0.05, 0.1) is 12.4 Å². The SMILES string of the molecule is C[C@H]1CN(c2ccccn2)CCN1c1cnc(N)cn1. The summed E-state index contributed by atoms with van der Waals surface area (Å²) in [6.45, 7) is 4.93. The van der Waals surface area contributed by atoms with Crippen molar-refractivity contribution in [2.45, 2.75) is 13.0 Å². The van der Waals surface area contributed by atoms with Crippen LogP contribution in [0.25, 0.3) is 0 Å². The summed E-state index contributed by atoms with van der Waals surface area (Å²) < 4.78 is 0. The Morgan fingerprint density at radius 3 is 2.65 bits per heavy atom. The van der Waals surface area contributed by atoms with E-state index in [1.54, 1.807) is 12.4 Å². The minimum Gasteiger partial charge on any atom is -0.382 e. The lowest BCUT2D eigenvalue weighted by molar-refractivity contribution is 0.542. The molecule has 2 aromatic heterocycles. The number of hydrogen-bond donors (Lipinski definition) is 1. The molecule has 2 N–H and O–H groups in total. The van der Waals surface area contributed by atoms with Gasteiger partial charge in [-0.2, -0.15) is 0 Å². The summed E-state index contributed by atoms with van der Waals surface area (Å²) in [5, 5.41) is 0. The standard InChI is InChI=1S/C14H18N6/c1-11-10-19(13-4-2-3-5-16-13)6-7-20(11)14-9-17-12(15)8-18-14/h2-5,8-9,11H,6-7,10H2,1H3,(H2,15,17)/t11-/m0/s1. The number of nitrogens with zero attached hydrogens (tertiary/aromatic N) is 5. The topological polar surface area (TPSA) is 71.2 Å². The van der Waals surface area contributed by atoms with E-state index in [0.717, 1.165) is 31.3 Å². The smallest absolute Gasteiger partial charge is 0.147 e. The molecule has 0 aliphatic carbocycles. The van der Waals surface area contributed by atoms with E-state index in [9.17, 15) is 0 Å². The van der Waals surface area contributed by atoms with Gasteiger partial charge in [0.15, 0.2) is 0 Å². The molecule has 104 valence electrons. The van der Waals surface area contributed by atoms with E-state index in [4.69, 9.17) is 5.73 Å². The van der Waals surface area contributed by atoms with E-state index in [1.165, 1.54) is 0 Å². The largest absolute Gasteiger partial charge is 0.382 e. The highest BCUT2D eigenvalue weighted by Gasteiger charge is 2.25. The third-order valence-corrected chi connectivity index (χ3v) is 3.55. The number of pyridine rings is 1. The van der Waals surface area contributed by atoms with Gasteiger partial charge >= 0.3 is 0 Å². The zero-order valence-corrected chi connectivity index (χ0v) is 11.5. The lowest BCUT2D eigenvalue weighted by Gasteiger charge is -2.40. The van der Waals surface area contributed by atoms with Crippen LogP contribution in [-0.4, -0.2) is 40.6 Å². The van der Waals surface area contributed by atoms with Crippen LogP contribution in [0.5, 0.6) is 0 Å². The molecule has 3 heterocycles. The first-order valence-electron chi connectivity index (χ1n) is 6.74. The molecule has 6 nitrogen and oxygen atoms in total. The summed E-state index contributed by atoms with van der Waals surface area (Å²) >= 11 is 0. The first-order valence-corrected chi connectivity index (χ1v) is 6.74. The normalized spacial score (nSPS) is 19.1. The van der Waals surface area contributed by atoms with Gasteiger partial charge in [-0.25, -0.2) is 15.0 Å².